The number of rotatable bonds is 4. The van der Waals surface area contributed by atoms with E-state index in [4.69, 9.17) is 4.52 Å². The normalized spacial score (nSPS) is 11.8. The van der Waals surface area contributed by atoms with Crippen molar-refractivity contribution < 1.29 is 12.9 Å². The lowest BCUT2D eigenvalue weighted by atomic mass is 10.2. The number of nitrogens with one attached hydrogen (secondary N) is 1. The Hall–Kier alpha value is -1.18. The Bertz CT molecular complexity index is 719. The van der Waals surface area contributed by atoms with E-state index in [0.29, 0.717) is 17.0 Å². The van der Waals surface area contributed by atoms with Crippen molar-refractivity contribution in [3.8, 4) is 0 Å². The fourth-order valence-corrected chi connectivity index (χ4v) is 3.64. The van der Waals surface area contributed by atoms with Crippen molar-refractivity contribution in [2.75, 3.05) is 0 Å². The van der Waals surface area contributed by atoms with Crippen molar-refractivity contribution in [3.63, 3.8) is 0 Å². The first-order valence-corrected chi connectivity index (χ1v) is 8.26. The second-order valence-corrected chi connectivity index (χ2v) is 7.19. The SMILES string of the molecule is Cc1ccc(Br)cc1S(=O)(=O)NCc1c(C)noc1C. The zero-order valence-electron chi connectivity index (χ0n) is 11.4. The summed E-state index contributed by atoms with van der Waals surface area (Å²) in [4.78, 5) is 0.263. The van der Waals surface area contributed by atoms with Crippen LogP contribution in [0, 0.1) is 20.8 Å². The van der Waals surface area contributed by atoms with Gasteiger partial charge in [0, 0.05) is 16.6 Å². The summed E-state index contributed by atoms with van der Waals surface area (Å²) >= 11 is 3.28. The smallest absolute Gasteiger partial charge is 0.241 e. The first kappa shape index (κ1) is 15.2. The Morgan fingerprint density at radius 1 is 1.30 bits per heavy atom. The van der Waals surface area contributed by atoms with Gasteiger partial charge in [-0.3, -0.25) is 0 Å². The van der Waals surface area contributed by atoms with Gasteiger partial charge in [-0.1, -0.05) is 27.2 Å². The third kappa shape index (κ3) is 3.11. The fraction of sp³-hybridized carbons (Fsp3) is 0.308. The Morgan fingerprint density at radius 3 is 2.60 bits per heavy atom. The van der Waals surface area contributed by atoms with E-state index < -0.39 is 10.0 Å². The molecule has 2 rings (SSSR count). The van der Waals surface area contributed by atoms with Crippen LogP contribution in [0.4, 0.5) is 0 Å². The lowest BCUT2D eigenvalue weighted by Gasteiger charge is -2.09. The lowest BCUT2D eigenvalue weighted by molar-refractivity contribution is 0.392. The minimum atomic E-state index is -3.57. The highest BCUT2D eigenvalue weighted by molar-refractivity contribution is 9.10. The molecule has 5 nitrogen and oxygen atoms in total. The van der Waals surface area contributed by atoms with E-state index in [1.165, 1.54) is 0 Å². The molecule has 1 heterocycles. The molecule has 0 amide bonds. The molecule has 0 unspecified atom stereocenters. The largest absolute Gasteiger partial charge is 0.361 e. The summed E-state index contributed by atoms with van der Waals surface area (Å²) in [6, 6.07) is 5.15. The molecule has 0 saturated heterocycles. The van der Waals surface area contributed by atoms with E-state index in [0.717, 1.165) is 10.0 Å². The van der Waals surface area contributed by atoms with Crippen LogP contribution >= 0.6 is 15.9 Å². The minimum Gasteiger partial charge on any atom is -0.361 e. The van der Waals surface area contributed by atoms with E-state index in [1.807, 2.05) is 6.07 Å². The summed E-state index contributed by atoms with van der Waals surface area (Å²) in [6.45, 7) is 5.46. The van der Waals surface area contributed by atoms with Crippen molar-refractivity contribution in [1.82, 2.24) is 9.88 Å². The number of halogens is 1. The van der Waals surface area contributed by atoms with Crippen molar-refractivity contribution in [2.24, 2.45) is 0 Å². The lowest BCUT2D eigenvalue weighted by Crippen LogP contribution is -2.24. The second kappa shape index (κ2) is 5.67. The first-order valence-electron chi connectivity index (χ1n) is 5.99. The molecule has 1 aromatic heterocycles. The van der Waals surface area contributed by atoms with Crippen LogP contribution in [0.15, 0.2) is 32.1 Å². The van der Waals surface area contributed by atoms with Crippen LogP contribution in [0.5, 0.6) is 0 Å². The van der Waals surface area contributed by atoms with Crippen molar-refractivity contribution >= 4 is 26.0 Å². The minimum absolute atomic E-state index is 0.162. The van der Waals surface area contributed by atoms with Gasteiger partial charge in [0.1, 0.15) is 5.76 Å². The standard InChI is InChI=1S/C13H15BrN2O3S/c1-8-4-5-11(14)6-13(8)20(17,18)15-7-12-9(2)16-19-10(12)3/h4-6,15H,7H2,1-3H3. The summed E-state index contributed by atoms with van der Waals surface area (Å²) in [7, 11) is -3.57. The molecular weight excluding hydrogens is 344 g/mol. The summed E-state index contributed by atoms with van der Waals surface area (Å²) in [5.41, 5.74) is 2.15. The summed E-state index contributed by atoms with van der Waals surface area (Å²) in [6.07, 6.45) is 0. The number of benzene rings is 1. The molecule has 0 saturated carbocycles. The van der Waals surface area contributed by atoms with Crippen LogP contribution in [0.1, 0.15) is 22.6 Å². The molecule has 0 atom stereocenters. The van der Waals surface area contributed by atoms with Gasteiger partial charge in [-0.05, 0) is 38.5 Å². The van der Waals surface area contributed by atoms with E-state index in [1.54, 1.807) is 32.9 Å². The molecule has 20 heavy (non-hydrogen) atoms. The molecule has 0 aliphatic heterocycles. The summed E-state index contributed by atoms with van der Waals surface area (Å²) in [5, 5.41) is 3.80. The predicted octanol–water partition coefficient (Wildman–Crippen LogP) is 2.84. The molecule has 0 spiro atoms. The van der Waals surface area contributed by atoms with E-state index in [9.17, 15) is 8.42 Å². The van der Waals surface area contributed by atoms with Crippen molar-refractivity contribution in [3.05, 3.63) is 45.3 Å². The maximum atomic E-state index is 12.3. The van der Waals surface area contributed by atoms with Gasteiger partial charge in [-0.15, -0.1) is 0 Å². The first-order chi connectivity index (χ1) is 9.31. The van der Waals surface area contributed by atoms with E-state index in [2.05, 4.69) is 25.8 Å². The Labute approximate surface area is 126 Å². The van der Waals surface area contributed by atoms with Gasteiger partial charge in [0.2, 0.25) is 10.0 Å². The number of hydrogen-bond donors (Lipinski definition) is 1. The average molecular weight is 359 g/mol. The molecule has 1 aromatic carbocycles. The zero-order valence-corrected chi connectivity index (χ0v) is 13.8. The van der Waals surface area contributed by atoms with Gasteiger partial charge in [0.05, 0.1) is 10.6 Å². The molecule has 2 aromatic rings. The van der Waals surface area contributed by atoms with Gasteiger partial charge in [0.25, 0.3) is 0 Å². The molecular formula is C13H15BrN2O3S. The number of sulfonamides is 1. The molecule has 7 heteroatoms. The highest BCUT2D eigenvalue weighted by Gasteiger charge is 2.19. The van der Waals surface area contributed by atoms with E-state index in [-0.39, 0.29) is 11.4 Å². The molecule has 0 bridgehead atoms. The predicted molar refractivity (Wildman–Crippen MR) is 78.9 cm³/mol. The zero-order chi connectivity index (χ0) is 14.9. The number of hydrogen-bond acceptors (Lipinski definition) is 4. The van der Waals surface area contributed by atoms with Crippen LogP contribution in [-0.4, -0.2) is 13.6 Å². The molecule has 108 valence electrons. The maximum Gasteiger partial charge on any atom is 0.241 e. The monoisotopic (exact) mass is 358 g/mol. The molecule has 0 fully saturated rings. The third-order valence-corrected chi connectivity index (χ3v) is 5.10. The quantitative estimate of drug-likeness (QED) is 0.911. The number of nitrogens with zero attached hydrogens (tertiary/aromatic N) is 1. The fourth-order valence-electron chi connectivity index (χ4n) is 1.86. The van der Waals surface area contributed by atoms with Crippen LogP contribution in [-0.2, 0) is 16.6 Å². The van der Waals surface area contributed by atoms with Gasteiger partial charge in [-0.25, -0.2) is 13.1 Å². The second-order valence-electron chi connectivity index (χ2n) is 4.54. The molecule has 0 radical (unpaired) electrons. The van der Waals surface area contributed by atoms with Crippen LogP contribution in [0.2, 0.25) is 0 Å². The molecule has 0 aliphatic rings. The molecule has 0 aliphatic carbocycles. The highest BCUT2D eigenvalue weighted by Crippen LogP contribution is 2.21. The van der Waals surface area contributed by atoms with Crippen LogP contribution in [0.25, 0.3) is 0 Å². The number of aromatic nitrogens is 1. The number of aryl methyl sites for hydroxylation is 3. The highest BCUT2D eigenvalue weighted by atomic mass is 79.9. The summed E-state index contributed by atoms with van der Waals surface area (Å²) < 4.78 is 33.0. The van der Waals surface area contributed by atoms with Crippen LogP contribution in [0.3, 0.4) is 0 Å². The topological polar surface area (TPSA) is 72.2 Å². The van der Waals surface area contributed by atoms with Crippen molar-refractivity contribution in [1.29, 1.82) is 0 Å². The van der Waals surface area contributed by atoms with Gasteiger partial charge < -0.3 is 4.52 Å². The third-order valence-electron chi connectivity index (χ3n) is 3.06. The average Bonchev–Trinajstić information content (AvgIpc) is 2.69. The Balaban J connectivity index is 2.26. The Kier molecular flexibility index (Phi) is 4.31. The van der Waals surface area contributed by atoms with Crippen LogP contribution < -0.4 is 4.72 Å². The Morgan fingerprint density at radius 2 is 2.00 bits per heavy atom. The van der Waals surface area contributed by atoms with Gasteiger partial charge in [0.15, 0.2) is 0 Å². The van der Waals surface area contributed by atoms with Crippen molar-refractivity contribution in [2.45, 2.75) is 32.2 Å². The summed E-state index contributed by atoms with van der Waals surface area (Å²) in [5.74, 6) is 0.621. The maximum absolute atomic E-state index is 12.3. The van der Waals surface area contributed by atoms with Gasteiger partial charge >= 0.3 is 0 Å². The molecule has 1 N–H and O–H groups in total. The van der Waals surface area contributed by atoms with Gasteiger partial charge in [-0.2, -0.15) is 0 Å². The van der Waals surface area contributed by atoms with E-state index >= 15 is 0 Å².